The minimum atomic E-state index is -0.358. The Morgan fingerprint density at radius 1 is 0.971 bits per heavy atom. The lowest BCUT2D eigenvalue weighted by Crippen LogP contribution is -2.03. The molecule has 0 radical (unpaired) electrons. The monoisotopic (exact) mass is 470 g/mol. The van der Waals surface area contributed by atoms with Gasteiger partial charge in [-0.2, -0.15) is 0 Å². The molecule has 8 heteroatoms. The number of aromatic nitrogens is 4. The summed E-state index contributed by atoms with van der Waals surface area (Å²) in [6.07, 6.45) is 2.94. The molecular weight excluding hydrogens is 451 g/mol. The summed E-state index contributed by atoms with van der Waals surface area (Å²) >= 11 is 1.18. The van der Waals surface area contributed by atoms with Gasteiger partial charge in [-0.1, -0.05) is 48.2 Å². The summed E-state index contributed by atoms with van der Waals surface area (Å²) in [5.41, 5.74) is 3.70. The van der Waals surface area contributed by atoms with Crippen molar-refractivity contribution in [1.29, 1.82) is 0 Å². The van der Waals surface area contributed by atoms with Crippen LogP contribution in [0.4, 0.5) is 4.39 Å². The molecule has 3 aromatic carbocycles. The average molecular weight is 471 g/mol. The first-order chi connectivity index (χ1) is 16.6. The predicted octanol–water partition coefficient (Wildman–Crippen LogP) is 5.76. The maximum Gasteiger partial charge on any atom is 0.316 e. The Hall–Kier alpha value is -4.04. The number of hydrogen-bond acceptors (Lipinski definition) is 6. The first-order valence-corrected chi connectivity index (χ1v) is 11.5. The van der Waals surface area contributed by atoms with Gasteiger partial charge in [-0.3, -0.25) is 14.9 Å². The van der Waals surface area contributed by atoms with Crippen LogP contribution in [0.5, 0.6) is 0 Å². The van der Waals surface area contributed by atoms with E-state index < -0.39 is 0 Å². The van der Waals surface area contributed by atoms with Crippen LogP contribution in [-0.2, 0) is 9.53 Å². The summed E-state index contributed by atoms with van der Waals surface area (Å²) in [5.74, 6) is -0.0927. The van der Waals surface area contributed by atoms with Crippen LogP contribution in [0.3, 0.4) is 0 Å². The van der Waals surface area contributed by atoms with Crippen LogP contribution >= 0.6 is 11.8 Å². The SMILES string of the molecule is COC(=O)CSc1n[nH]c(-c2cc(-c3ccc4ccccc4c3)cc(-c3cnccc3F)c2)n1. The number of fused-ring (bicyclic) bond motifs is 1. The number of ether oxygens (including phenoxy) is 1. The van der Waals surface area contributed by atoms with Crippen molar-refractivity contribution < 1.29 is 13.9 Å². The number of rotatable bonds is 6. The molecule has 34 heavy (non-hydrogen) atoms. The van der Waals surface area contributed by atoms with E-state index in [1.54, 1.807) is 0 Å². The van der Waals surface area contributed by atoms with Gasteiger partial charge in [0.05, 0.1) is 12.9 Å². The van der Waals surface area contributed by atoms with E-state index in [2.05, 4.69) is 49.2 Å². The lowest BCUT2D eigenvalue weighted by atomic mass is 9.95. The zero-order valence-corrected chi connectivity index (χ0v) is 19.0. The van der Waals surface area contributed by atoms with Gasteiger partial charge in [-0.25, -0.2) is 9.37 Å². The van der Waals surface area contributed by atoms with Crippen LogP contribution in [-0.4, -0.2) is 39.0 Å². The Kier molecular flexibility index (Phi) is 6.05. The van der Waals surface area contributed by atoms with Gasteiger partial charge in [0.1, 0.15) is 5.82 Å². The molecule has 0 aliphatic carbocycles. The summed E-state index contributed by atoms with van der Waals surface area (Å²) in [6.45, 7) is 0. The fourth-order valence-electron chi connectivity index (χ4n) is 3.67. The van der Waals surface area contributed by atoms with Crippen LogP contribution < -0.4 is 0 Å². The third-order valence-corrected chi connectivity index (χ3v) is 6.20. The number of hydrogen-bond donors (Lipinski definition) is 1. The number of methoxy groups -OCH3 is 1. The zero-order chi connectivity index (χ0) is 23.5. The Labute approximate surface area is 199 Å². The van der Waals surface area contributed by atoms with Crippen LogP contribution in [0, 0.1) is 5.82 Å². The van der Waals surface area contributed by atoms with Gasteiger partial charge in [-0.15, -0.1) is 5.10 Å². The van der Waals surface area contributed by atoms with Gasteiger partial charge in [0.2, 0.25) is 5.16 Å². The summed E-state index contributed by atoms with van der Waals surface area (Å²) in [4.78, 5) is 20.0. The van der Waals surface area contributed by atoms with Crippen LogP contribution in [0.2, 0.25) is 0 Å². The third kappa shape index (κ3) is 4.53. The molecule has 2 heterocycles. The molecule has 0 saturated heterocycles. The molecule has 0 aliphatic rings. The van der Waals surface area contributed by atoms with Crippen molar-refractivity contribution in [1.82, 2.24) is 20.2 Å². The molecule has 0 saturated carbocycles. The fourth-order valence-corrected chi connectivity index (χ4v) is 4.30. The molecule has 0 fully saturated rings. The Morgan fingerprint density at radius 3 is 2.59 bits per heavy atom. The zero-order valence-electron chi connectivity index (χ0n) is 18.2. The van der Waals surface area contributed by atoms with Gasteiger partial charge in [0.25, 0.3) is 0 Å². The predicted molar refractivity (Wildman–Crippen MR) is 131 cm³/mol. The number of thioether (sulfide) groups is 1. The van der Waals surface area contributed by atoms with Crippen molar-refractivity contribution >= 4 is 28.5 Å². The highest BCUT2D eigenvalue weighted by molar-refractivity contribution is 7.99. The number of halogens is 1. The van der Waals surface area contributed by atoms with Crippen molar-refractivity contribution in [3.05, 3.63) is 84.9 Å². The Morgan fingerprint density at radius 2 is 1.76 bits per heavy atom. The molecule has 5 rings (SSSR count). The summed E-state index contributed by atoms with van der Waals surface area (Å²) in [6, 6.07) is 21.5. The van der Waals surface area contributed by atoms with Crippen molar-refractivity contribution in [2.24, 2.45) is 0 Å². The molecule has 0 bridgehead atoms. The molecule has 0 spiro atoms. The minimum absolute atomic E-state index is 0.108. The molecule has 0 amide bonds. The molecule has 0 atom stereocenters. The molecule has 6 nitrogen and oxygen atoms in total. The molecule has 168 valence electrons. The first-order valence-electron chi connectivity index (χ1n) is 10.5. The fraction of sp³-hybridized carbons (Fsp3) is 0.0769. The number of pyridine rings is 1. The number of aromatic amines is 1. The average Bonchev–Trinajstić information content (AvgIpc) is 3.36. The normalized spacial score (nSPS) is 11.0. The Bertz CT molecular complexity index is 1500. The summed E-state index contributed by atoms with van der Waals surface area (Å²) < 4.78 is 19.3. The van der Waals surface area contributed by atoms with Crippen molar-refractivity contribution in [3.8, 4) is 33.6 Å². The number of nitrogens with one attached hydrogen (secondary N) is 1. The molecule has 5 aromatic rings. The highest BCUT2D eigenvalue weighted by Gasteiger charge is 2.14. The first kappa shape index (κ1) is 21.8. The van der Waals surface area contributed by atoms with E-state index in [9.17, 15) is 9.18 Å². The van der Waals surface area contributed by atoms with E-state index in [-0.39, 0.29) is 17.5 Å². The molecule has 2 aromatic heterocycles. The van der Waals surface area contributed by atoms with Crippen LogP contribution in [0.1, 0.15) is 0 Å². The smallest absolute Gasteiger partial charge is 0.316 e. The molecule has 0 aliphatic heterocycles. The molecule has 0 unspecified atom stereocenters. The van der Waals surface area contributed by atoms with Crippen LogP contribution in [0.15, 0.2) is 84.3 Å². The second-order valence-electron chi connectivity index (χ2n) is 7.55. The highest BCUT2D eigenvalue weighted by atomic mass is 32.2. The van der Waals surface area contributed by atoms with E-state index in [1.807, 2.05) is 36.4 Å². The van der Waals surface area contributed by atoms with E-state index in [0.717, 1.165) is 27.5 Å². The van der Waals surface area contributed by atoms with Crippen LogP contribution in [0.25, 0.3) is 44.4 Å². The van der Waals surface area contributed by atoms with Crippen molar-refractivity contribution in [2.75, 3.05) is 12.9 Å². The molecular formula is C26H19FN4O2S. The second-order valence-corrected chi connectivity index (χ2v) is 8.49. The number of carbonyl (C=O) groups is 1. The van der Waals surface area contributed by atoms with Gasteiger partial charge in [0, 0.05) is 23.5 Å². The summed E-state index contributed by atoms with van der Waals surface area (Å²) in [7, 11) is 1.34. The number of nitrogens with zero attached hydrogens (tertiary/aromatic N) is 3. The summed E-state index contributed by atoms with van der Waals surface area (Å²) in [5, 5.41) is 9.79. The number of carbonyl (C=O) groups excluding carboxylic acids is 1. The van der Waals surface area contributed by atoms with E-state index in [1.165, 1.54) is 37.3 Å². The van der Waals surface area contributed by atoms with Crippen molar-refractivity contribution in [2.45, 2.75) is 5.16 Å². The number of esters is 1. The van der Waals surface area contributed by atoms with E-state index in [0.29, 0.717) is 22.1 Å². The lowest BCUT2D eigenvalue weighted by molar-refractivity contribution is -0.137. The second kappa shape index (κ2) is 9.44. The molecule has 1 N–H and O–H groups in total. The lowest BCUT2D eigenvalue weighted by Gasteiger charge is -2.11. The van der Waals surface area contributed by atoms with Gasteiger partial charge >= 0.3 is 5.97 Å². The number of H-pyrrole nitrogens is 1. The van der Waals surface area contributed by atoms with E-state index >= 15 is 0 Å². The highest BCUT2D eigenvalue weighted by Crippen LogP contribution is 2.34. The van der Waals surface area contributed by atoms with Crippen molar-refractivity contribution in [3.63, 3.8) is 0 Å². The standard InChI is InChI=1S/C26H19FN4O2S/c1-33-24(32)15-34-26-29-25(30-31-26)21-12-19(11-20(13-21)22-14-28-9-8-23(22)27)18-7-6-16-4-2-3-5-17(16)10-18/h2-14H,15H2,1H3,(H,29,30,31). The topological polar surface area (TPSA) is 80.8 Å². The maximum absolute atomic E-state index is 14.6. The minimum Gasteiger partial charge on any atom is -0.468 e. The van der Waals surface area contributed by atoms with Gasteiger partial charge in [-0.05, 0) is 57.8 Å². The Balaban J connectivity index is 1.60. The maximum atomic E-state index is 14.6. The third-order valence-electron chi connectivity index (χ3n) is 5.38. The van der Waals surface area contributed by atoms with E-state index in [4.69, 9.17) is 0 Å². The van der Waals surface area contributed by atoms with Gasteiger partial charge in [0.15, 0.2) is 5.82 Å². The van der Waals surface area contributed by atoms with Gasteiger partial charge < -0.3 is 4.74 Å². The largest absolute Gasteiger partial charge is 0.468 e. The quantitative estimate of drug-likeness (QED) is 0.251. The number of benzene rings is 3.